The van der Waals surface area contributed by atoms with Gasteiger partial charge in [0.1, 0.15) is 22.4 Å². The number of sulfonamides is 1. The molecule has 15 heteroatoms. The van der Waals surface area contributed by atoms with Crippen molar-refractivity contribution in [2.24, 2.45) is 5.92 Å². The van der Waals surface area contributed by atoms with E-state index in [1.165, 1.54) is 18.3 Å². The van der Waals surface area contributed by atoms with E-state index in [4.69, 9.17) is 18.7 Å². The number of urea groups is 1. The molecule has 3 heterocycles. The molecule has 1 aromatic heterocycles. The number of benzene rings is 2. The Morgan fingerprint density at radius 3 is 2.44 bits per heavy atom. The Bertz CT molecular complexity index is 1670. The Morgan fingerprint density at radius 1 is 1.11 bits per heavy atom. The molecule has 0 saturated heterocycles. The minimum absolute atomic E-state index is 0.00145. The van der Waals surface area contributed by atoms with Crippen molar-refractivity contribution in [1.29, 1.82) is 0 Å². The Hall–Kier alpha value is -4.34. The van der Waals surface area contributed by atoms with Crippen LogP contribution in [0.25, 0.3) is 0 Å². The zero-order valence-electron chi connectivity index (χ0n) is 25.7. The lowest BCUT2D eigenvalue weighted by molar-refractivity contribution is -0.134. The third-order valence-electron chi connectivity index (χ3n) is 7.88. The second kappa shape index (κ2) is 12.9. The predicted octanol–water partition coefficient (Wildman–Crippen LogP) is 3.13. The maximum atomic E-state index is 13.5. The van der Waals surface area contributed by atoms with Crippen LogP contribution in [0.5, 0.6) is 17.2 Å². The number of anilines is 2. The summed E-state index contributed by atoms with van der Waals surface area (Å²) >= 11 is 0. The minimum Gasteiger partial charge on any atom is -0.488 e. The highest BCUT2D eigenvalue weighted by Gasteiger charge is 2.35. The molecule has 242 valence electrons. The van der Waals surface area contributed by atoms with Gasteiger partial charge in [-0.3, -0.25) is 4.79 Å². The number of hydrogen-bond donors (Lipinski definition) is 3. The van der Waals surface area contributed by atoms with E-state index in [0.717, 1.165) is 0 Å². The van der Waals surface area contributed by atoms with Gasteiger partial charge in [-0.05, 0) is 51.1 Å². The van der Waals surface area contributed by atoms with Crippen LogP contribution in [0.4, 0.5) is 16.2 Å². The highest BCUT2D eigenvalue weighted by Crippen LogP contribution is 2.35. The summed E-state index contributed by atoms with van der Waals surface area (Å²) in [6.45, 7) is 6.76. The average Bonchev–Trinajstić information content (AvgIpc) is 3.61. The van der Waals surface area contributed by atoms with Gasteiger partial charge >= 0.3 is 6.03 Å². The van der Waals surface area contributed by atoms with Gasteiger partial charge in [0.2, 0.25) is 22.7 Å². The Balaban J connectivity index is 1.40. The first-order valence-electron chi connectivity index (χ1n) is 14.4. The number of fused-ring (bicyclic) bond motifs is 2. The minimum atomic E-state index is -3.97. The SMILES string of the molecule is Cc1noc(C)c1S(=O)(=O)N(C)C[C@@H]1Oc2ccc(NC(=O)Nc3ccc4c(c3)OCO4)cc2CC(=O)N([C@@H](C)CO)C[C@@H]1C. The first-order chi connectivity index (χ1) is 21.4. The number of rotatable bonds is 8. The third-order valence-corrected chi connectivity index (χ3v) is 9.95. The van der Waals surface area contributed by atoms with Crippen molar-refractivity contribution in [3.05, 3.63) is 53.4 Å². The van der Waals surface area contributed by atoms with Gasteiger partial charge in [0.15, 0.2) is 17.3 Å². The van der Waals surface area contributed by atoms with Crippen LogP contribution in [0, 0.1) is 19.8 Å². The van der Waals surface area contributed by atoms with E-state index < -0.39 is 28.2 Å². The first-order valence-corrected chi connectivity index (χ1v) is 15.9. The fourth-order valence-electron chi connectivity index (χ4n) is 5.34. The molecule has 2 aliphatic rings. The maximum absolute atomic E-state index is 13.5. The number of aliphatic hydroxyl groups is 1. The van der Waals surface area contributed by atoms with Crippen LogP contribution >= 0.6 is 0 Å². The lowest BCUT2D eigenvalue weighted by Crippen LogP contribution is -2.48. The van der Waals surface area contributed by atoms with Crippen LogP contribution in [0.2, 0.25) is 0 Å². The van der Waals surface area contributed by atoms with Gasteiger partial charge in [-0.1, -0.05) is 12.1 Å². The fraction of sp³-hybridized carbons (Fsp3) is 0.433. The lowest BCUT2D eigenvalue weighted by Gasteiger charge is -2.33. The van der Waals surface area contributed by atoms with Crippen LogP contribution in [-0.4, -0.2) is 85.5 Å². The van der Waals surface area contributed by atoms with Crippen molar-refractivity contribution in [3.8, 4) is 17.2 Å². The van der Waals surface area contributed by atoms with Crippen LogP contribution in [0.1, 0.15) is 30.9 Å². The number of aryl methyl sites for hydroxylation is 2. The van der Waals surface area contributed by atoms with E-state index in [1.807, 2.05) is 6.92 Å². The van der Waals surface area contributed by atoms with E-state index in [1.54, 1.807) is 55.1 Å². The second-order valence-electron chi connectivity index (χ2n) is 11.3. The highest BCUT2D eigenvalue weighted by atomic mass is 32.2. The number of aliphatic hydroxyl groups excluding tert-OH is 1. The van der Waals surface area contributed by atoms with Gasteiger partial charge in [0.25, 0.3) is 0 Å². The summed E-state index contributed by atoms with van der Waals surface area (Å²) < 4.78 is 50.4. The highest BCUT2D eigenvalue weighted by molar-refractivity contribution is 7.89. The summed E-state index contributed by atoms with van der Waals surface area (Å²) in [6.07, 6.45) is -0.748. The number of ether oxygens (including phenoxy) is 3. The van der Waals surface area contributed by atoms with Gasteiger partial charge in [-0.2, -0.15) is 4.31 Å². The van der Waals surface area contributed by atoms with E-state index in [-0.39, 0.29) is 61.1 Å². The van der Waals surface area contributed by atoms with Gasteiger partial charge in [0, 0.05) is 42.5 Å². The number of carbonyl (C=O) groups is 2. The van der Waals surface area contributed by atoms with E-state index in [2.05, 4.69) is 15.8 Å². The quantitative estimate of drug-likeness (QED) is 0.331. The molecule has 3 aromatic rings. The molecule has 14 nitrogen and oxygen atoms in total. The number of carbonyl (C=O) groups excluding carboxylic acids is 2. The molecule has 2 aromatic carbocycles. The fourth-order valence-corrected chi connectivity index (χ4v) is 6.81. The van der Waals surface area contributed by atoms with Gasteiger partial charge < -0.3 is 39.4 Å². The van der Waals surface area contributed by atoms with Crippen molar-refractivity contribution in [3.63, 3.8) is 0 Å². The zero-order valence-corrected chi connectivity index (χ0v) is 26.5. The van der Waals surface area contributed by atoms with Crippen molar-refractivity contribution < 1.29 is 41.8 Å². The van der Waals surface area contributed by atoms with Gasteiger partial charge in [0.05, 0.1) is 25.6 Å². The van der Waals surface area contributed by atoms with Gasteiger partial charge in [-0.15, -0.1) is 0 Å². The van der Waals surface area contributed by atoms with E-state index >= 15 is 0 Å². The molecule has 0 unspecified atom stereocenters. The summed E-state index contributed by atoms with van der Waals surface area (Å²) in [7, 11) is -2.52. The molecule has 0 radical (unpaired) electrons. The van der Waals surface area contributed by atoms with Crippen molar-refractivity contribution in [2.75, 3.05) is 44.2 Å². The third kappa shape index (κ3) is 6.84. The van der Waals surface area contributed by atoms with E-state index in [0.29, 0.717) is 34.2 Å². The Labute approximate surface area is 261 Å². The summed E-state index contributed by atoms with van der Waals surface area (Å²) in [5.74, 6) is 1.10. The average molecular weight is 644 g/mol. The second-order valence-corrected chi connectivity index (χ2v) is 13.3. The molecule has 0 aliphatic carbocycles. The molecule has 45 heavy (non-hydrogen) atoms. The molecular weight excluding hydrogens is 606 g/mol. The summed E-state index contributed by atoms with van der Waals surface area (Å²) in [4.78, 5) is 27.9. The van der Waals surface area contributed by atoms with Gasteiger partial charge in [-0.25, -0.2) is 13.2 Å². The van der Waals surface area contributed by atoms with Crippen LogP contribution in [0.3, 0.4) is 0 Å². The lowest BCUT2D eigenvalue weighted by atomic mass is 10.0. The molecular formula is C30H37N5O9S. The molecule has 3 amide bonds. The number of amides is 3. The molecule has 2 aliphatic heterocycles. The molecule has 0 saturated carbocycles. The molecule has 0 fully saturated rings. The topological polar surface area (TPSA) is 173 Å². The number of hydrogen-bond acceptors (Lipinski definition) is 10. The molecule has 0 spiro atoms. The number of nitrogens with one attached hydrogen (secondary N) is 2. The number of nitrogens with zero attached hydrogens (tertiary/aromatic N) is 3. The largest absolute Gasteiger partial charge is 0.488 e. The van der Waals surface area contributed by atoms with Crippen LogP contribution < -0.4 is 24.8 Å². The first kappa shape index (κ1) is 32.1. The summed E-state index contributed by atoms with van der Waals surface area (Å²) in [5, 5.41) is 19.2. The Kier molecular flexibility index (Phi) is 9.23. The Morgan fingerprint density at radius 2 is 1.78 bits per heavy atom. The van der Waals surface area contributed by atoms with Crippen LogP contribution in [0.15, 0.2) is 45.8 Å². The molecule has 0 bridgehead atoms. The maximum Gasteiger partial charge on any atom is 0.323 e. The standard InChI is InChI=1S/C30H37N5O9S/c1-17-13-35(18(2)15-36)28(37)11-21-10-22(31-30(38)32-23-7-9-25-26(12-23)42-16-41-25)6-8-24(21)43-27(17)14-34(5)45(39,40)29-19(3)33-44-20(29)4/h6-10,12,17-18,27,36H,11,13-16H2,1-5H3,(H2,31,32,38)/t17-,18-,27-/m0/s1. The molecule has 3 N–H and O–H groups in total. The molecule has 3 atom stereocenters. The summed E-state index contributed by atoms with van der Waals surface area (Å²) in [6, 6.07) is 8.96. The van der Waals surface area contributed by atoms with Crippen molar-refractivity contribution in [2.45, 2.75) is 51.2 Å². The normalized spacial score (nSPS) is 18.8. The van der Waals surface area contributed by atoms with Crippen molar-refractivity contribution in [1.82, 2.24) is 14.4 Å². The number of likely N-dealkylation sites (N-methyl/N-ethyl adjacent to an activating group) is 1. The summed E-state index contributed by atoms with van der Waals surface area (Å²) in [5.41, 5.74) is 1.65. The smallest absolute Gasteiger partial charge is 0.323 e. The van der Waals surface area contributed by atoms with Crippen LogP contribution in [-0.2, 0) is 21.2 Å². The number of aromatic nitrogens is 1. The van der Waals surface area contributed by atoms with Crippen molar-refractivity contribution >= 4 is 33.3 Å². The monoisotopic (exact) mass is 643 g/mol. The molecule has 5 rings (SSSR count). The zero-order chi connectivity index (χ0) is 32.5. The van der Waals surface area contributed by atoms with E-state index in [9.17, 15) is 23.1 Å². The predicted molar refractivity (Wildman–Crippen MR) is 163 cm³/mol.